The summed E-state index contributed by atoms with van der Waals surface area (Å²) in [5.41, 5.74) is -1.46. The van der Waals surface area contributed by atoms with Crippen molar-refractivity contribution < 1.29 is 22.6 Å². The van der Waals surface area contributed by atoms with Crippen LogP contribution >= 0.6 is 0 Å². The second-order valence-electron chi connectivity index (χ2n) is 8.97. The lowest BCUT2D eigenvalue weighted by atomic mass is 9.68. The van der Waals surface area contributed by atoms with E-state index in [1.165, 1.54) is 50.7 Å². The maximum Gasteiger partial charge on any atom is 0.204 e. The van der Waals surface area contributed by atoms with E-state index in [1.54, 1.807) is 6.92 Å². The average molecular weight is 413 g/mol. The number of ether oxygens (including phenoxy) is 2. The van der Waals surface area contributed by atoms with Gasteiger partial charge in [0.2, 0.25) is 11.6 Å². The van der Waals surface area contributed by atoms with Gasteiger partial charge in [-0.15, -0.1) is 0 Å². The zero-order chi connectivity index (χ0) is 20.9. The number of hydrogen-bond acceptors (Lipinski definition) is 2. The molecule has 0 unspecified atom stereocenters. The van der Waals surface area contributed by atoms with Gasteiger partial charge in [-0.1, -0.05) is 32.6 Å². The van der Waals surface area contributed by atoms with Crippen LogP contribution in [0.1, 0.15) is 78.1 Å². The first kappa shape index (κ1) is 22.3. The number of alkyl halides is 1. The molecule has 0 radical (unpaired) electrons. The van der Waals surface area contributed by atoms with Crippen LogP contribution in [-0.4, -0.2) is 18.9 Å². The van der Waals surface area contributed by atoms with Gasteiger partial charge >= 0.3 is 0 Å². The maximum atomic E-state index is 15.2. The normalized spacial score (nSPS) is 30.2. The van der Waals surface area contributed by atoms with Gasteiger partial charge in [0.05, 0.1) is 6.61 Å². The molecule has 0 atom stereocenters. The summed E-state index contributed by atoms with van der Waals surface area (Å²) in [7, 11) is 0. The van der Waals surface area contributed by atoms with Gasteiger partial charge in [-0.05, 0) is 75.3 Å². The highest BCUT2D eigenvalue weighted by atomic mass is 19.2. The molecule has 29 heavy (non-hydrogen) atoms. The lowest BCUT2D eigenvalue weighted by Gasteiger charge is -2.40. The largest absolute Gasteiger partial charge is 0.491 e. The number of hydrogen-bond donors (Lipinski definition) is 0. The summed E-state index contributed by atoms with van der Waals surface area (Å²) in [6.07, 6.45) is 10.4. The third-order valence-corrected chi connectivity index (χ3v) is 6.98. The van der Waals surface area contributed by atoms with Crippen molar-refractivity contribution in [3.8, 4) is 11.5 Å². The summed E-state index contributed by atoms with van der Waals surface area (Å²) in [5.74, 6) is -0.386. The smallest absolute Gasteiger partial charge is 0.204 e. The molecule has 0 bridgehead atoms. The molecule has 5 heteroatoms. The highest BCUT2D eigenvalue weighted by molar-refractivity contribution is 5.35. The molecule has 0 aromatic heterocycles. The highest BCUT2D eigenvalue weighted by Crippen LogP contribution is 2.44. The van der Waals surface area contributed by atoms with Gasteiger partial charge in [-0.3, -0.25) is 0 Å². The summed E-state index contributed by atoms with van der Waals surface area (Å²) in [6.45, 7) is 3.96. The molecule has 2 aliphatic rings. The predicted molar refractivity (Wildman–Crippen MR) is 109 cm³/mol. The van der Waals surface area contributed by atoms with Gasteiger partial charge in [0.1, 0.15) is 12.3 Å². The van der Waals surface area contributed by atoms with Crippen molar-refractivity contribution >= 4 is 0 Å². The van der Waals surface area contributed by atoms with E-state index in [2.05, 4.69) is 6.92 Å². The summed E-state index contributed by atoms with van der Waals surface area (Å²) in [5, 5.41) is 0. The van der Waals surface area contributed by atoms with Crippen molar-refractivity contribution in [3.05, 3.63) is 23.8 Å². The SMILES string of the molecule is CCCC1CCC(C2CCC(F)(COc3ccc(OCC)c(F)c3F)CC2)CC1. The average Bonchev–Trinajstić information content (AvgIpc) is 2.73. The minimum absolute atomic E-state index is 0.151. The van der Waals surface area contributed by atoms with Gasteiger partial charge in [0.25, 0.3) is 0 Å². The van der Waals surface area contributed by atoms with Crippen LogP contribution in [0.4, 0.5) is 13.2 Å². The molecule has 1 aromatic carbocycles. The number of rotatable bonds is 8. The Balaban J connectivity index is 1.48. The molecular formula is C24H35F3O2. The summed E-state index contributed by atoms with van der Waals surface area (Å²) >= 11 is 0. The van der Waals surface area contributed by atoms with E-state index in [0.29, 0.717) is 18.8 Å². The standard InChI is InChI=1S/C24H35F3O2/c1-3-5-17-6-8-18(9-7-17)19-12-14-24(27,15-13-19)16-29-21-11-10-20(28-4-2)22(25)23(21)26/h10-11,17-19H,3-9,12-16H2,1-2H3. The molecule has 1 aromatic rings. The van der Waals surface area contributed by atoms with E-state index in [-0.39, 0.29) is 24.7 Å². The Labute approximate surface area is 173 Å². The summed E-state index contributed by atoms with van der Waals surface area (Å²) < 4.78 is 53.8. The Morgan fingerprint density at radius 3 is 1.97 bits per heavy atom. The van der Waals surface area contributed by atoms with E-state index in [9.17, 15) is 8.78 Å². The third kappa shape index (κ3) is 5.61. The molecule has 2 fully saturated rings. The van der Waals surface area contributed by atoms with E-state index < -0.39 is 17.3 Å². The van der Waals surface area contributed by atoms with Gasteiger partial charge < -0.3 is 9.47 Å². The molecule has 0 saturated heterocycles. The van der Waals surface area contributed by atoms with E-state index >= 15 is 4.39 Å². The lowest BCUT2D eigenvalue weighted by Crippen LogP contribution is -2.38. The Hall–Kier alpha value is -1.39. The number of halogens is 3. The maximum absolute atomic E-state index is 15.2. The van der Waals surface area contributed by atoms with Crippen LogP contribution in [0.5, 0.6) is 11.5 Å². The monoisotopic (exact) mass is 412 g/mol. The zero-order valence-corrected chi connectivity index (χ0v) is 17.8. The van der Waals surface area contributed by atoms with Crippen LogP contribution < -0.4 is 9.47 Å². The van der Waals surface area contributed by atoms with Gasteiger partial charge in [0.15, 0.2) is 11.5 Å². The van der Waals surface area contributed by atoms with Crippen LogP contribution in [0.3, 0.4) is 0 Å². The fraction of sp³-hybridized carbons (Fsp3) is 0.750. The third-order valence-electron chi connectivity index (χ3n) is 6.98. The lowest BCUT2D eigenvalue weighted by molar-refractivity contribution is 0.0151. The van der Waals surface area contributed by atoms with Crippen molar-refractivity contribution in [2.24, 2.45) is 17.8 Å². The second kappa shape index (κ2) is 10.1. The fourth-order valence-electron chi connectivity index (χ4n) is 5.23. The van der Waals surface area contributed by atoms with Crippen LogP contribution in [0.15, 0.2) is 12.1 Å². The van der Waals surface area contributed by atoms with Gasteiger partial charge in [0, 0.05) is 0 Å². The first-order valence-electron chi connectivity index (χ1n) is 11.4. The predicted octanol–water partition coefficient (Wildman–Crippen LogP) is 7.25. The molecule has 0 spiro atoms. The molecule has 0 N–H and O–H groups in total. The Morgan fingerprint density at radius 1 is 0.862 bits per heavy atom. The van der Waals surface area contributed by atoms with Crippen LogP contribution in [0, 0.1) is 29.4 Å². The van der Waals surface area contributed by atoms with E-state index in [1.807, 2.05) is 0 Å². The summed E-state index contributed by atoms with van der Waals surface area (Å²) in [4.78, 5) is 0. The molecule has 2 aliphatic carbocycles. The molecule has 0 heterocycles. The molecule has 0 aliphatic heterocycles. The Bertz CT molecular complexity index is 648. The molecule has 164 valence electrons. The minimum atomic E-state index is -1.46. The first-order chi connectivity index (χ1) is 14.0. The molecule has 2 saturated carbocycles. The topological polar surface area (TPSA) is 18.5 Å². The van der Waals surface area contributed by atoms with Crippen molar-refractivity contribution in [1.29, 1.82) is 0 Å². The molecule has 3 rings (SSSR count). The highest BCUT2D eigenvalue weighted by Gasteiger charge is 2.39. The fourth-order valence-corrected chi connectivity index (χ4v) is 5.23. The van der Waals surface area contributed by atoms with Crippen LogP contribution in [0.25, 0.3) is 0 Å². The van der Waals surface area contributed by atoms with Gasteiger partial charge in [-0.2, -0.15) is 8.78 Å². The Morgan fingerprint density at radius 2 is 1.41 bits per heavy atom. The van der Waals surface area contributed by atoms with Crippen LogP contribution in [-0.2, 0) is 0 Å². The Kier molecular flexibility index (Phi) is 7.75. The number of benzene rings is 1. The van der Waals surface area contributed by atoms with Crippen molar-refractivity contribution in [2.45, 2.75) is 83.7 Å². The zero-order valence-electron chi connectivity index (χ0n) is 17.8. The van der Waals surface area contributed by atoms with Gasteiger partial charge in [-0.25, -0.2) is 4.39 Å². The van der Waals surface area contributed by atoms with E-state index in [4.69, 9.17) is 9.47 Å². The van der Waals surface area contributed by atoms with E-state index in [0.717, 1.165) is 24.7 Å². The second-order valence-corrected chi connectivity index (χ2v) is 8.97. The molecular weight excluding hydrogens is 377 g/mol. The quantitative estimate of drug-likeness (QED) is 0.448. The molecule has 0 amide bonds. The first-order valence-corrected chi connectivity index (χ1v) is 11.4. The van der Waals surface area contributed by atoms with Crippen molar-refractivity contribution in [3.63, 3.8) is 0 Å². The van der Waals surface area contributed by atoms with Crippen molar-refractivity contribution in [2.75, 3.05) is 13.2 Å². The van der Waals surface area contributed by atoms with Crippen LogP contribution in [0.2, 0.25) is 0 Å². The minimum Gasteiger partial charge on any atom is -0.491 e. The van der Waals surface area contributed by atoms with Crippen molar-refractivity contribution in [1.82, 2.24) is 0 Å². The molecule has 2 nitrogen and oxygen atoms in total. The summed E-state index contributed by atoms with van der Waals surface area (Å²) in [6, 6.07) is 2.64.